The lowest BCUT2D eigenvalue weighted by atomic mass is 9.97. The van der Waals surface area contributed by atoms with E-state index in [1.54, 1.807) is 0 Å². The highest BCUT2D eigenvalue weighted by Crippen LogP contribution is 2.30. The summed E-state index contributed by atoms with van der Waals surface area (Å²) in [7, 11) is 0. The van der Waals surface area contributed by atoms with Crippen molar-refractivity contribution in [1.82, 2.24) is 25.0 Å². The fourth-order valence-corrected chi connectivity index (χ4v) is 4.75. The molecule has 3 heterocycles. The lowest BCUT2D eigenvalue weighted by Gasteiger charge is -2.36. The van der Waals surface area contributed by atoms with E-state index in [4.69, 9.17) is 0 Å². The van der Waals surface area contributed by atoms with E-state index >= 15 is 0 Å². The van der Waals surface area contributed by atoms with Crippen molar-refractivity contribution in [2.75, 3.05) is 44.2 Å². The van der Waals surface area contributed by atoms with Crippen molar-refractivity contribution < 1.29 is 4.79 Å². The first-order valence-corrected chi connectivity index (χ1v) is 11.6. The Morgan fingerprint density at radius 2 is 1.62 bits per heavy atom. The van der Waals surface area contributed by atoms with Crippen LogP contribution >= 0.6 is 0 Å². The van der Waals surface area contributed by atoms with E-state index < -0.39 is 0 Å². The Morgan fingerprint density at radius 3 is 2.38 bits per heavy atom. The van der Waals surface area contributed by atoms with Crippen LogP contribution in [0, 0.1) is 0 Å². The minimum atomic E-state index is -0.219. The average molecular weight is 431 g/mol. The largest absolute Gasteiger partial charge is 0.369 e. The summed E-state index contributed by atoms with van der Waals surface area (Å²) in [5.41, 5.74) is 2.33. The Balaban J connectivity index is 1.13. The quantitative estimate of drug-likeness (QED) is 0.651. The first-order valence-electron chi connectivity index (χ1n) is 11.6. The Bertz CT molecular complexity index is 1030. The lowest BCUT2D eigenvalue weighted by Crippen LogP contribution is -2.48. The molecule has 5 rings (SSSR count). The van der Waals surface area contributed by atoms with Gasteiger partial charge in [0.05, 0.1) is 5.92 Å². The van der Waals surface area contributed by atoms with Crippen molar-refractivity contribution in [3.63, 3.8) is 0 Å². The summed E-state index contributed by atoms with van der Waals surface area (Å²) in [4.78, 5) is 17.8. The minimum absolute atomic E-state index is 0.0703. The summed E-state index contributed by atoms with van der Waals surface area (Å²) in [6.07, 6.45) is 1.79. The van der Waals surface area contributed by atoms with E-state index in [-0.39, 0.29) is 11.8 Å². The first kappa shape index (κ1) is 20.7. The van der Waals surface area contributed by atoms with Crippen LogP contribution < -0.4 is 10.2 Å². The Labute approximate surface area is 189 Å². The Morgan fingerprint density at radius 1 is 0.906 bits per heavy atom. The van der Waals surface area contributed by atoms with Crippen LogP contribution in [-0.2, 0) is 11.3 Å². The van der Waals surface area contributed by atoms with E-state index in [1.165, 1.54) is 5.69 Å². The van der Waals surface area contributed by atoms with Gasteiger partial charge in [-0.15, -0.1) is 10.2 Å². The van der Waals surface area contributed by atoms with Gasteiger partial charge in [0.25, 0.3) is 0 Å². The third-order valence-electron chi connectivity index (χ3n) is 6.53. The van der Waals surface area contributed by atoms with Gasteiger partial charge in [-0.1, -0.05) is 48.5 Å². The number of hydrogen-bond donors (Lipinski definition) is 1. The van der Waals surface area contributed by atoms with Gasteiger partial charge in [-0.2, -0.15) is 0 Å². The van der Waals surface area contributed by atoms with Gasteiger partial charge in [-0.05, 0) is 25.0 Å². The number of carbonyl (C=O) groups excluding carboxylic acids is 1. The highest BCUT2D eigenvalue weighted by molar-refractivity contribution is 5.83. The molecular weight excluding hydrogens is 400 g/mol. The van der Waals surface area contributed by atoms with Crippen molar-refractivity contribution in [1.29, 1.82) is 0 Å². The zero-order valence-corrected chi connectivity index (χ0v) is 18.4. The molecule has 2 aliphatic heterocycles. The molecule has 7 heteroatoms. The van der Waals surface area contributed by atoms with Crippen molar-refractivity contribution in [3.8, 4) is 11.4 Å². The van der Waals surface area contributed by atoms with Crippen LogP contribution in [0.15, 0.2) is 60.7 Å². The highest BCUT2D eigenvalue weighted by Gasteiger charge is 2.31. The van der Waals surface area contributed by atoms with Crippen LogP contribution in [0.5, 0.6) is 0 Å². The number of benzene rings is 2. The number of hydrogen-bond acceptors (Lipinski definition) is 5. The predicted octanol–water partition coefficient (Wildman–Crippen LogP) is 2.76. The van der Waals surface area contributed by atoms with Gasteiger partial charge in [0.1, 0.15) is 5.82 Å². The molecule has 1 amide bonds. The average Bonchev–Trinajstić information content (AvgIpc) is 3.30. The van der Waals surface area contributed by atoms with E-state index in [9.17, 15) is 4.79 Å². The highest BCUT2D eigenvalue weighted by atomic mass is 16.1. The molecule has 32 heavy (non-hydrogen) atoms. The summed E-state index contributed by atoms with van der Waals surface area (Å²) in [6, 6.07) is 20.7. The Hall–Kier alpha value is -3.19. The number of nitrogens with one attached hydrogen (secondary N) is 1. The van der Waals surface area contributed by atoms with Crippen molar-refractivity contribution in [2.24, 2.45) is 0 Å². The summed E-state index contributed by atoms with van der Waals surface area (Å²) in [6.45, 7) is 6.48. The van der Waals surface area contributed by atoms with Gasteiger partial charge < -0.3 is 14.8 Å². The molecule has 2 aromatic carbocycles. The number of fused-ring (bicyclic) bond motifs is 1. The third kappa shape index (κ3) is 4.39. The molecule has 2 aliphatic rings. The van der Waals surface area contributed by atoms with Crippen LogP contribution in [0.3, 0.4) is 0 Å². The third-order valence-corrected chi connectivity index (χ3v) is 6.53. The zero-order valence-electron chi connectivity index (χ0n) is 18.4. The standard InChI is InChI=1S/C25H30N6O/c32-25(26-13-15-29-16-18-30(19-17-29)21-10-5-2-6-11-21)22-12-7-14-31-23(27-28-24(22)31)20-8-3-1-4-9-20/h1-6,8-11,22H,7,12-19H2,(H,26,32). The van der Waals surface area contributed by atoms with E-state index in [2.05, 4.69) is 60.2 Å². The van der Waals surface area contributed by atoms with Crippen LogP contribution in [0.25, 0.3) is 11.4 Å². The SMILES string of the molecule is O=C(NCCN1CCN(c2ccccc2)CC1)C1CCCn2c(-c3ccccc3)nnc21. The predicted molar refractivity (Wildman–Crippen MR) is 126 cm³/mol. The second kappa shape index (κ2) is 9.53. The number of nitrogens with zero attached hydrogens (tertiary/aromatic N) is 5. The molecule has 1 N–H and O–H groups in total. The lowest BCUT2D eigenvalue weighted by molar-refractivity contribution is -0.123. The molecular formula is C25H30N6O. The number of amides is 1. The van der Waals surface area contributed by atoms with Crippen molar-refractivity contribution in [3.05, 3.63) is 66.5 Å². The number of aromatic nitrogens is 3. The maximum Gasteiger partial charge on any atom is 0.230 e. The smallest absolute Gasteiger partial charge is 0.230 e. The monoisotopic (exact) mass is 430 g/mol. The second-order valence-corrected chi connectivity index (χ2v) is 8.55. The topological polar surface area (TPSA) is 66.3 Å². The van der Waals surface area contributed by atoms with Crippen molar-refractivity contribution in [2.45, 2.75) is 25.3 Å². The van der Waals surface area contributed by atoms with Crippen molar-refractivity contribution >= 4 is 11.6 Å². The normalized spacial score (nSPS) is 18.9. The molecule has 0 radical (unpaired) electrons. The fraction of sp³-hybridized carbons (Fsp3) is 0.400. The van der Waals surface area contributed by atoms with Gasteiger partial charge in [-0.25, -0.2) is 0 Å². The van der Waals surface area contributed by atoms with Gasteiger partial charge >= 0.3 is 0 Å². The molecule has 7 nitrogen and oxygen atoms in total. The molecule has 0 spiro atoms. The fourth-order valence-electron chi connectivity index (χ4n) is 4.75. The summed E-state index contributed by atoms with van der Waals surface area (Å²) in [5.74, 6) is 1.50. The molecule has 1 atom stereocenters. The van der Waals surface area contributed by atoms with Gasteiger partial charge in [-0.3, -0.25) is 9.69 Å². The second-order valence-electron chi connectivity index (χ2n) is 8.55. The molecule has 0 bridgehead atoms. The Kier molecular flexibility index (Phi) is 6.16. The summed E-state index contributed by atoms with van der Waals surface area (Å²) < 4.78 is 2.12. The molecule has 1 aromatic heterocycles. The number of rotatable bonds is 6. The maximum absolute atomic E-state index is 13.0. The summed E-state index contributed by atoms with van der Waals surface area (Å²) in [5, 5.41) is 12.0. The van der Waals surface area contributed by atoms with Gasteiger partial charge in [0.2, 0.25) is 5.91 Å². The molecule has 0 aliphatic carbocycles. The number of para-hydroxylation sites is 1. The van der Waals surface area contributed by atoms with Gasteiger partial charge in [0.15, 0.2) is 5.82 Å². The number of carbonyl (C=O) groups is 1. The van der Waals surface area contributed by atoms with Crippen LogP contribution in [-0.4, -0.2) is 64.8 Å². The van der Waals surface area contributed by atoms with Crippen LogP contribution in [0.4, 0.5) is 5.69 Å². The maximum atomic E-state index is 13.0. The van der Waals surface area contributed by atoms with E-state index in [0.29, 0.717) is 6.54 Å². The zero-order chi connectivity index (χ0) is 21.8. The number of piperazine rings is 1. The van der Waals surface area contributed by atoms with Gasteiger partial charge in [0, 0.05) is 57.1 Å². The molecule has 1 unspecified atom stereocenters. The first-order chi connectivity index (χ1) is 15.8. The van der Waals surface area contributed by atoms with E-state index in [0.717, 1.165) is 69.3 Å². The molecule has 3 aromatic rings. The molecule has 1 fully saturated rings. The number of anilines is 1. The molecule has 166 valence electrons. The van der Waals surface area contributed by atoms with Crippen LogP contribution in [0.1, 0.15) is 24.6 Å². The molecule has 0 saturated carbocycles. The van der Waals surface area contributed by atoms with Crippen LogP contribution in [0.2, 0.25) is 0 Å². The summed E-state index contributed by atoms with van der Waals surface area (Å²) >= 11 is 0. The minimum Gasteiger partial charge on any atom is -0.369 e. The molecule has 1 saturated heterocycles. The van der Waals surface area contributed by atoms with E-state index in [1.807, 2.05) is 30.3 Å².